The van der Waals surface area contributed by atoms with Crippen molar-refractivity contribution in [2.24, 2.45) is 5.92 Å². The molecule has 0 spiro atoms. The molecule has 0 fully saturated rings. The van der Waals surface area contributed by atoms with Crippen molar-refractivity contribution in [3.8, 4) is 0 Å². The Morgan fingerprint density at radius 2 is 1.59 bits per heavy atom. The minimum Gasteiger partial charge on any atom is -0.314 e. The van der Waals surface area contributed by atoms with Gasteiger partial charge in [0.2, 0.25) is 0 Å². The van der Waals surface area contributed by atoms with Crippen molar-refractivity contribution in [1.29, 1.82) is 0 Å². The molecule has 1 unspecified atom stereocenters. The zero-order valence-corrected chi connectivity index (χ0v) is 11.8. The van der Waals surface area contributed by atoms with Gasteiger partial charge in [-0.2, -0.15) is 0 Å². The van der Waals surface area contributed by atoms with Crippen LogP contribution in [0.3, 0.4) is 0 Å². The molecule has 0 saturated heterocycles. The lowest BCUT2D eigenvalue weighted by Crippen LogP contribution is -2.32. The SMILES string of the molecule is CCNC(Cc1ccc(CC)cc1)CC(C)C. The lowest BCUT2D eigenvalue weighted by Gasteiger charge is -2.20. The summed E-state index contributed by atoms with van der Waals surface area (Å²) >= 11 is 0. The molecule has 1 aromatic carbocycles. The average molecular weight is 233 g/mol. The van der Waals surface area contributed by atoms with Crippen LogP contribution in [-0.2, 0) is 12.8 Å². The highest BCUT2D eigenvalue weighted by Gasteiger charge is 2.10. The van der Waals surface area contributed by atoms with Gasteiger partial charge in [-0.05, 0) is 42.9 Å². The van der Waals surface area contributed by atoms with Crippen LogP contribution in [-0.4, -0.2) is 12.6 Å². The summed E-state index contributed by atoms with van der Waals surface area (Å²) in [6, 6.07) is 9.70. The van der Waals surface area contributed by atoms with Crippen LogP contribution in [0.15, 0.2) is 24.3 Å². The smallest absolute Gasteiger partial charge is 0.0110 e. The van der Waals surface area contributed by atoms with Gasteiger partial charge in [0.1, 0.15) is 0 Å². The third kappa shape index (κ3) is 5.36. The van der Waals surface area contributed by atoms with E-state index in [4.69, 9.17) is 0 Å². The van der Waals surface area contributed by atoms with Crippen LogP contribution < -0.4 is 5.32 Å². The Kier molecular flexibility index (Phi) is 6.28. The molecule has 17 heavy (non-hydrogen) atoms. The summed E-state index contributed by atoms with van der Waals surface area (Å²) in [5.41, 5.74) is 2.88. The van der Waals surface area contributed by atoms with Crippen LogP contribution >= 0.6 is 0 Å². The first-order chi connectivity index (χ1) is 8.15. The highest BCUT2D eigenvalue weighted by atomic mass is 14.9. The van der Waals surface area contributed by atoms with E-state index in [0.29, 0.717) is 6.04 Å². The number of hydrogen-bond acceptors (Lipinski definition) is 1. The molecule has 0 heterocycles. The topological polar surface area (TPSA) is 12.0 Å². The molecule has 1 atom stereocenters. The van der Waals surface area contributed by atoms with Gasteiger partial charge < -0.3 is 5.32 Å². The van der Waals surface area contributed by atoms with Gasteiger partial charge in [0.25, 0.3) is 0 Å². The van der Waals surface area contributed by atoms with Gasteiger partial charge in [-0.3, -0.25) is 0 Å². The molecular weight excluding hydrogens is 206 g/mol. The minimum absolute atomic E-state index is 0.618. The Morgan fingerprint density at radius 1 is 1.00 bits per heavy atom. The van der Waals surface area contributed by atoms with E-state index >= 15 is 0 Å². The molecule has 1 heteroatoms. The third-order valence-corrected chi connectivity index (χ3v) is 3.16. The molecule has 0 bridgehead atoms. The molecule has 1 N–H and O–H groups in total. The van der Waals surface area contributed by atoms with Crippen LogP contribution in [0.2, 0.25) is 0 Å². The second-order valence-electron chi connectivity index (χ2n) is 5.26. The van der Waals surface area contributed by atoms with E-state index in [0.717, 1.165) is 25.3 Å². The maximum atomic E-state index is 3.59. The predicted octanol–water partition coefficient (Wildman–Crippen LogP) is 3.82. The van der Waals surface area contributed by atoms with Gasteiger partial charge in [-0.25, -0.2) is 0 Å². The van der Waals surface area contributed by atoms with Crippen LogP contribution in [0.1, 0.15) is 45.2 Å². The fraction of sp³-hybridized carbons (Fsp3) is 0.625. The Morgan fingerprint density at radius 3 is 2.06 bits per heavy atom. The molecule has 0 radical (unpaired) electrons. The van der Waals surface area contributed by atoms with Crippen LogP contribution in [0.4, 0.5) is 0 Å². The van der Waals surface area contributed by atoms with Gasteiger partial charge in [-0.15, -0.1) is 0 Å². The zero-order chi connectivity index (χ0) is 12.7. The van der Waals surface area contributed by atoms with Crippen molar-refractivity contribution in [2.45, 2.75) is 53.0 Å². The van der Waals surface area contributed by atoms with Gasteiger partial charge in [0, 0.05) is 6.04 Å². The molecule has 1 rings (SSSR count). The highest BCUT2D eigenvalue weighted by molar-refractivity contribution is 5.23. The van der Waals surface area contributed by atoms with Gasteiger partial charge in [-0.1, -0.05) is 52.0 Å². The van der Waals surface area contributed by atoms with E-state index in [1.54, 1.807) is 0 Å². The molecule has 0 aromatic heterocycles. The Labute approximate surface area is 107 Å². The number of benzene rings is 1. The van der Waals surface area contributed by atoms with E-state index in [2.05, 4.69) is 57.3 Å². The lowest BCUT2D eigenvalue weighted by molar-refractivity contribution is 0.424. The standard InChI is InChI=1S/C16H27N/c1-5-14-7-9-15(10-8-14)12-16(17-6-2)11-13(3)4/h7-10,13,16-17H,5-6,11-12H2,1-4H3. The summed E-state index contributed by atoms with van der Waals surface area (Å²) in [5, 5.41) is 3.59. The molecule has 1 aromatic rings. The summed E-state index contributed by atoms with van der Waals surface area (Å²) in [6.45, 7) is 10.0. The molecule has 0 aliphatic rings. The maximum absolute atomic E-state index is 3.59. The number of hydrogen-bond donors (Lipinski definition) is 1. The van der Waals surface area contributed by atoms with Crippen LogP contribution in [0.25, 0.3) is 0 Å². The first-order valence-electron chi connectivity index (χ1n) is 6.96. The van der Waals surface area contributed by atoms with E-state index in [1.165, 1.54) is 17.5 Å². The Balaban J connectivity index is 2.58. The summed E-state index contributed by atoms with van der Waals surface area (Å²) in [7, 11) is 0. The van der Waals surface area contributed by atoms with Gasteiger partial charge in [0.05, 0.1) is 0 Å². The summed E-state index contributed by atoms with van der Waals surface area (Å²) in [4.78, 5) is 0. The quantitative estimate of drug-likeness (QED) is 0.755. The minimum atomic E-state index is 0.618. The summed E-state index contributed by atoms with van der Waals surface area (Å²) < 4.78 is 0. The summed E-state index contributed by atoms with van der Waals surface area (Å²) in [6.07, 6.45) is 3.53. The fourth-order valence-electron chi connectivity index (χ4n) is 2.29. The van der Waals surface area contributed by atoms with E-state index in [9.17, 15) is 0 Å². The first-order valence-corrected chi connectivity index (χ1v) is 6.96. The highest BCUT2D eigenvalue weighted by Crippen LogP contribution is 2.12. The van der Waals surface area contributed by atoms with Gasteiger partial charge >= 0.3 is 0 Å². The number of aryl methyl sites for hydroxylation is 1. The largest absolute Gasteiger partial charge is 0.314 e. The van der Waals surface area contributed by atoms with Crippen LogP contribution in [0.5, 0.6) is 0 Å². The number of rotatable bonds is 7. The second kappa shape index (κ2) is 7.50. The number of likely N-dealkylation sites (N-methyl/N-ethyl adjacent to an activating group) is 1. The van der Waals surface area contributed by atoms with E-state index < -0.39 is 0 Å². The van der Waals surface area contributed by atoms with Crippen molar-refractivity contribution in [3.63, 3.8) is 0 Å². The summed E-state index contributed by atoms with van der Waals surface area (Å²) in [5.74, 6) is 0.758. The number of nitrogens with one attached hydrogen (secondary N) is 1. The van der Waals surface area contributed by atoms with Crippen molar-refractivity contribution in [2.75, 3.05) is 6.54 Å². The lowest BCUT2D eigenvalue weighted by atomic mass is 9.96. The second-order valence-corrected chi connectivity index (χ2v) is 5.26. The average Bonchev–Trinajstić information content (AvgIpc) is 2.29. The third-order valence-electron chi connectivity index (χ3n) is 3.16. The molecule has 0 saturated carbocycles. The first kappa shape index (κ1) is 14.2. The Bertz CT molecular complexity index is 300. The fourth-order valence-corrected chi connectivity index (χ4v) is 2.29. The molecule has 0 amide bonds. The van der Waals surface area contributed by atoms with Crippen LogP contribution in [0, 0.1) is 5.92 Å². The van der Waals surface area contributed by atoms with E-state index in [-0.39, 0.29) is 0 Å². The Hall–Kier alpha value is -0.820. The molecular formula is C16H27N. The monoisotopic (exact) mass is 233 g/mol. The normalized spacial score (nSPS) is 13.0. The van der Waals surface area contributed by atoms with Crippen molar-refractivity contribution in [1.82, 2.24) is 5.32 Å². The molecule has 0 aliphatic carbocycles. The van der Waals surface area contributed by atoms with Crippen molar-refractivity contribution >= 4 is 0 Å². The molecule has 96 valence electrons. The predicted molar refractivity (Wildman–Crippen MR) is 76.4 cm³/mol. The van der Waals surface area contributed by atoms with E-state index in [1.807, 2.05) is 0 Å². The van der Waals surface area contributed by atoms with Crippen molar-refractivity contribution < 1.29 is 0 Å². The van der Waals surface area contributed by atoms with Crippen molar-refractivity contribution in [3.05, 3.63) is 35.4 Å². The van der Waals surface area contributed by atoms with Gasteiger partial charge in [0.15, 0.2) is 0 Å². The maximum Gasteiger partial charge on any atom is 0.0110 e. The molecule has 1 nitrogen and oxygen atoms in total. The zero-order valence-electron chi connectivity index (χ0n) is 11.8. The molecule has 0 aliphatic heterocycles.